The molecule has 0 spiro atoms. The first kappa shape index (κ1) is 20.3. The van der Waals surface area contributed by atoms with E-state index in [9.17, 15) is 4.79 Å². The molecule has 5 heteroatoms. The second-order valence-corrected chi connectivity index (χ2v) is 5.91. The van der Waals surface area contributed by atoms with Gasteiger partial charge in [0.05, 0.1) is 13.2 Å². The van der Waals surface area contributed by atoms with Crippen molar-refractivity contribution in [2.24, 2.45) is 0 Å². The molecule has 0 radical (unpaired) electrons. The summed E-state index contributed by atoms with van der Waals surface area (Å²) in [6.07, 6.45) is 12.6. The van der Waals surface area contributed by atoms with Crippen LogP contribution >= 0.6 is 0 Å². The van der Waals surface area contributed by atoms with E-state index in [1.807, 2.05) is 6.08 Å². The van der Waals surface area contributed by atoms with Crippen molar-refractivity contribution in [3.05, 3.63) is 12.2 Å². The Morgan fingerprint density at radius 2 is 1.91 bits per heavy atom. The minimum Gasteiger partial charge on any atom is -0.359 e. The zero-order valence-corrected chi connectivity index (χ0v) is 14.6. The van der Waals surface area contributed by atoms with E-state index in [1.54, 1.807) is 7.11 Å². The Morgan fingerprint density at radius 1 is 1.13 bits per heavy atom. The van der Waals surface area contributed by atoms with Gasteiger partial charge in [0.25, 0.3) is 0 Å². The van der Waals surface area contributed by atoms with Gasteiger partial charge in [0.1, 0.15) is 19.2 Å². The van der Waals surface area contributed by atoms with Crippen LogP contribution in [0, 0.1) is 0 Å². The molecule has 0 unspecified atom stereocenters. The summed E-state index contributed by atoms with van der Waals surface area (Å²) in [6.45, 7) is 3.73. The van der Waals surface area contributed by atoms with Gasteiger partial charge in [-0.3, -0.25) is 0 Å². The van der Waals surface area contributed by atoms with Crippen LogP contribution in [0.5, 0.6) is 0 Å². The molecular weight excluding hydrogens is 296 g/mol. The van der Waals surface area contributed by atoms with Crippen LogP contribution in [0.15, 0.2) is 12.2 Å². The van der Waals surface area contributed by atoms with E-state index in [1.165, 1.54) is 19.3 Å². The third-order valence-corrected chi connectivity index (χ3v) is 4.00. The molecule has 0 N–H and O–H groups in total. The molecule has 0 saturated carbocycles. The molecular formula is C18H32O5. The molecule has 1 saturated heterocycles. The lowest BCUT2D eigenvalue weighted by Gasteiger charge is -2.27. The maximum Gasteiger partial charge on any atom is 0.168 e. The number of ether oxygens (including phenoxy) is 4. The summed E-state index contributed by atoms with van der Waals surface area (Å²) < 4.78 is 21.8. The normalized spacial score (nSPS) is 18.5. The van der Waals surface area contributed by atoms with E-state index in [4.69, 9.17) is 18.9 Å². The Balaban J connectivity index is 2.26. The molecule has 0 aromatic carbocycles. The van der Waals surface area contributed by atoms with Gasteiger partial charge in [-0.25, -0.2) is 0 Å². The van der Waals surface area contributed by atoms with Gasteiger partial charge < -0.3 is 23.7 Å². The lowest BCUT2D eigenvalue weighted by atomic mass is 10.0. The molecule has 5 nitrogen and oxygen atoms in total. The summed E-state index contributed by atoms with van der Waals surface area (Å²) in [5.41, 5.74) is 0. The Bertz CT molecular complexity index is 323. The molecule has 0 bridgehead atoms. The highest BCUT2D eigenvalue weighted by molar-refractivity contribution is 5.56. The summed E-state index contributed by atoms with van der Waals surface area (Å²) in [7, 11) is 1.54. The third kappa shape index (κ3) is 8.61. The van der Waals surface area contributed by atoms with Crippen molar-refractivity contribution in [2.45, 2.75) is 70.2 Å². The molecule has 0 amide bonds. The van der Waals surface area contributed by atoms with E-state index in [0.717, 1.165) is 32.0 Å². The highest BCUT2D eigenvalue weighted by atomic mass is 16.7. The fraction of sp³-hybridized carbons (Fsp3) is 0.833. The van der Waals surface area contributed by atoms with Crippen molar-refractivity contribution in [3.8, 4) is 0 Å². The monoisotopic (exact) mass is 328 g/mol. The topological polar surface area (TPSA) is 54.0 Å². The van der Waals surface area contributed by atoms with Crippen LogP contribution in [0.4, 0.5) is 0 Å². The van der Waals surface area contributed by atoms with Crippen LogP contribution in [0.1, 0.15) is 58.3 Å². The maximum atomic E-state index is 10.9. The largest absolute Gasteiger partial charge is 0.359 e. The molecule has 134 valence electrons. The number of rotatable bonds is 14. The molecule has 1 rings (SSSR count). The van der Waals surface area contributed by atoms with E-state index in [-0.39, 0.29) is 6.79 Å². The number of carbonyl (C=O) groups is 1. The van der Waals surface area contributed by atoms with E-state index >= 15 is 0 Å². The molecule has 23 heavy (non-hydrogen) atoms. The van der Waals surface area contributed by atoms with Gasteiger partial charge in [0.2, 0.25) is 0 Å². The molecule has 0 aliphatic carbocycles. The van der Waals surface area contributed by atoms with Crippen molar-refractivity contribution in [2.75, 3.05) is 27.1 Å². The first-order valence-electron chi connectivity index (χ1n) is 8.75. The van der Waals surface area contributed by atoms with Crippen molar-refractivity contribution in [1.29, 1.82) is 0 Å². The fourth-order valence-corrected chi connectivity index (χ4v) is 2.70. The van der Waals surface area contributed by atoms with Gasteiger partial charge in [-0.2, -0.15) is 0 Å². The molecule has 0 aromatic heterocycles. The number of hydrogen-bond acceptors (Lipinski definition) is 5. The van der Waals surface area contributed by atoms with Gasteiger partial charge in [-0.1, -0.05) is 38.3 Å². The third-order valence-electron chi connectivity index (χ3n) is 4.00. The highest BCUT2D eigenvalue weighted by Gasteiger charge is 2.34. The number of carbonyl (C=O) groups excluding carboxylic acids is 1. The number of allylic oxidation sites excluding steroid dienone is 1. The van der Waals surface area contributed by atoms with Crippen molar-refractivity contribution in [1.82, 2.24) is 0 Å². The Hall–Kier alpha value is -0.750. The summed E-state index contributed by atoms with van der Waals surface area (Å²) in [5, 5.41) is 0. The van der Waals surface area contributed by atoms with E-state index < -0.39 is 11.9 Å². The number of hydrogen-bond donors (Lipinski definition) is 0. The first-order chi connectivity index (χ1) is 11.3. The Morgan fingerprint density at radius 3 is 2.57 bits per heavy atom. The van der Waals surface area contributed by atoms with Crippen molar-refractivity contribution >= 4 is 6.29 Å². The molecule has 1 aliphatic rings. The lowest BCUT2D eigenvalue weighted by molar-refractivity contribution is -0.167. The van der Waals surface area contributed by atoms with Gasteiger partial charge in [0, 0.05) is 20.0 Å². The van der Waals surface area contributed by atoms with Crippen molar-refractivity contribution in [3.63, 3.8) is 0 Å². The van der Waals surface area contributed by atoms with E-state index in [2.05, 4.69) is 13.0 Å². The molecule has 1 fully saturated rings. The van der Waals surface area contributed by atoms with E-state index in [0.29, 0.717) is 19.6 Å². The van der Waals surface area contributed by atoms with Crippen LogP contribution in [0.25, 0.3) is 0 Å². The quantitative estimate of drug-likeness (QED) is 0.211. The summed E-state index contributed by atoms with van der Waals surface area (Å²) >= 11 is 0. The lowest BCUT2D eigenvalue weighted by Crippen LogP contribution is -2.29. The average Bonchev–Trinajstić information content (AvgIpc) is 3.03. The van der Waals surface area contributed by atoms with Crippen LogP contribution in [0.2, 0.25) is 0 Å². The summed E-state index contributed by atoms with van der Waals surface area (Å²) in [5.74, 6) is -0.394. The second-order valence-electron chi connectivity index (χ2n) is 5.91. The van der Waals surface area contributed by atoms with Gasteiger partial charge in [-0.05, 0) is 19.3 Å². The zero-order chi connectivity index (χ0) is 16.8. The first-order valence-corrected chi connectivity index (χ1v) is 8.75. The van der Waals surface area contributed by atoms with Gasteiger partial charge in [0.15, 0.2) is 5.79 Å². The average molecular weight is 328 g/mol. The smallest absolute Gasteiger partial charge is 0.168 e. The highest BCUT2D eigenvalue weighted by Crippen LogP contribution is 2.31. The zero-order valence-electron chi connectivity index (χ0n) is 14.6. The molecule has 1 aliphatic heterocycles. The number of methoxy groups -OCH3 is 1. The SMILES string of the molecule is CCCCCCC1(CC/C=C/C[C@H](C=O)OCOC)OCCO1. The van der Waals surface area contributed by atoms with Crippen LogP contribution in [-0.2, 0) is 23.7 Å². The van der Waals surface area contributed by atoms with Crippen LogP contribution in [-0.4, -0.2) is 45.3 Å². The molecule has 0 aromatic rings. The molecule has 1 heterocycles. The Labute approximate surface area is 140 Å². The van der Waals surface area contributed by atoms with Gasteiger partial charge in [-0.15, -0.1) is 0 Å². The summed E-state index contributed by atoms with van der Waals surface area (Å²) in [4.78, 5) is 10.9. The standard InChI is InChI=1S/C18H32O5/c1-3-4-5-8-11-18(22-13-14-23-18)12-9-6-7-10-17(15-19)21-16-20-2/h6-7,15,17H,3-5,8-14,16H2,1-2H3/b7-6+/t17-/m1/s1. The minimum atomic E-state index is -0.437. The predicted molar refractivity (Wildman–Crippen MR) is 89.2 cm³/mol. The number of aldehydes is 1. The minimum absolute atomic E-state index is 0.139. The fourth-order valence-electron chi connectivity index (χ4n) is 2.70. The summed E-state index contributed by atoms with van der Waals surface area (Å²) in [6, 6.07) is 0. The van der Waals surface area contributed by atoms with Crippen molar-refractivity contribution < 1.29 is 23.7 Å². The molecule has 1 atom stereocenters. The second kappa shape index (κ2) is 12.6. The predicted octanol–water partition coefficient (Wildman–Crippen LogP) is 3.61. The Kier molecular flexibility index (Phi) is 11.2. The maximum absolute atomic E-state index is 10.9. The van der Waals surface area contributed by atoms with Crippen LogP contribution in [0.3, 0.4) is 0 Å². The van der Waals surface area contributed by atoms with Crippen LogP contribution < -0.4 is 0 Å². The van der Waals surface area contributed by atoms with Gasteiger partial charge >= 0.3 is 0 Å². The number of unbranched alkanes of at least 4 members (excludes halogenated alkanes) is 3.